The SMILES string of the molecule is C=C(C)[C@@H]1CC[C@]2(CC(=O)NC3CCN(CCOC)CC3)CC[C@]3(C)[C@H](CC[C@@H]4[C@@]5(C)CC[C@H](OC(=O)CC(C)(C)C(=O)O)C(C)(C)[C@@H]5CC[C@]43C)[C@@H]12. The molecular weight excluding hydrogens is 665 g/mol. The second kappa shape index (κ2) is 14.5. The lowest BCUT2D eigenvalue weighted by atomic mass is 9.32. The maximum atomic E-state index is 14.0. The highest BCUT2D eigenvalue weighted by molar-refractivity contribution is 5.81. The molecule has 0 aromatic carbocycles. The molecule has 2 N–H and O–H groups in total. The number of nitrogens with zero attached hydrogens (tertiary/aromatic N) is 1. The van der Waals surface area contributed by atoms with Crippen molar-refractivity contribution >= 4 is 17.8 Å². The van der Waals surface area contributed by atoms with Crippen LogP contribution in [0.2, 0.25) is 0 Å². The quantitative estimate of drug-likeness (QED) is 0.162. The Balaban J connectivity index is 1.19. The number of hydrogen-bond donors (Lipinski definition) is 2. The Bertz CT molecular complexity index is 1420. The topological polar surface area (TPSA) is 105 Å². The predicted octanol–water partition coefficient (Wildman–Crippen LogP) is 8.67. The largest absolute Gasteiger partial charge is 0.481 e. The number of nitrogens with one attached hydrogen (secondary N) is 1. The first-order valence-corrected chi connectivity index (χ1v) is 21.3. The van der Waals surface area contributed by atoms with Crippen LogP contribution in [-0.2, 0) is 23.9 Å². The normalized spacial score (nSPS) is 41.3. The third kappa shape index (κ3) is 6.95. The Hall–Kier alpha value is -1.93. The van der Waals surface area contributed by atoms with Crippen LogP contribution >= 0.6 is 0 Å². The fourth-order valence-corrected chi connectivity index (χ4v) is 14.5. The number of hydrogen-bond acceptors (Lipinski definition) is 6. The summed E-state index contributed by atoms with van der Waals surface area (Å²) in [7, 11) is 1.76. The Morgan fingerprint density at radius 2 is 1.57 bits per heavy atom. The molecule has 8 heteroatoms. The minimum atomic E-state index is -1.14. The average molecular weight is 739 g/mol. The van der Waals surface area contributed by atoms with Crippen LogP contribution in [0.5, 0.6) is 0 Å². The highest BCUT2D eigenvalue weighted by Crippen LogP contribution is 2.78. The number of carbonyl (C=O) groups excluding carboxylic acids is 2. The maximum absolute atomic E-state index is 14.0. The van der Waals surface area contributed by atoms with Gasteiger partial charge in [0, 0.05) is 44.6 Å². The number of amides is 1. The van der Waals surface area contributed by atoms with Crippen LogP contribution in [0.4, 0.5) is 0 Å². The van der Waals surface area contributed by atoms with Gasteiger partial charge in [0.15, 0.2) is 0 Å². The Labute approximate surface area is 321 Å². The van der Waals surface area contributed by atoms with E-state index in [4.69, 9.17) is 9.47 Å². The molecule has 5 saturated carbocycles. The number of allylic oxidation sites excluding steroid dienone is 1. The molecule has 0 aromatic heterocycles. The van der Waals surface area contributed by atoms with E-state index in [1.165, 1.54) is 31.3 Å². The van der Waals surface area contributed by atoms with E-state index >= 15 is 0 Å². The molecular formula is C45H74N2O6. The number of rotatable bonds is 11. The van der Waals surface area contributed by atoms with Crippen molar-refractivity contribution in [2.45, 2.75) is 157 Å². The number of carboxylic acids is 1. The Morgan fingerprint density at radius 3 is 2.21 bits per heavy atom. The van der Waals surface area contributed by atoms with Crippen LogP contribution in [0.3, 0.4) is 0 Å². The molecule has 1 aliphatic heterocycles. The number of carbonyl (C=O) groups is 3. The van der Waals surface area contributed by atoms with Gasteiger partial charge in [-0.15, -0.1) is 0 Å². The first kappa shape index (κ1) is 40.7. The molecule has 1 saturated heterocycles. The molecule has 0 aromatic rings. The first-order valence-electron chi connectivity index (χ1n) is 21.3. The molecule has 0 radical (unpaired) electrons. The predicted molar refractivity (Wildman–Crippen MR) is 209 cm³/mol. The van der Waals surface area contributed by atoms with Gasteiger partial charge in [-0.1, -0.05) is 46.8 Å². The summed E-state index contributed by atoms with van der Waals surface area (Å²) < 4.78 is 11.5. The van der Waals surface area contributed by atoms with E-state index < -0.39 is 11.4 Å². The smallest absolute Gasteiger partial charge is 0.309 e. The fourth-order valence-electron chi connectivity index (χ4n) is 14.5. The number of carboxylic acid groups (broad SMARTS) is 1. The number of piperidine rings is 1. The zero-order chi connectivity index (χ0) is 38.8. The first-order chi connectivity index (χ1) is 24.7. The van der Waals surface area contributed by atoms with E-state index in [0.717, 1.165) is 77.6 Å². The molecule has 6 rings (SSSR count). The van der Waals surface area contributed by atoms with Crippen molar-refractivity contribution in [3.05, 3.63) is 12.2 Å². The number of methoxy groups -OCH3 is 1. The van der Waals surface area contributed by atoms with Gasteiger partial charge in [0.05, 0.1) is 18.4 Å². The standard InChI is InChI=1S/C45H74N2O6/c1-29(2)31-13-20-45(27-36(48)46-30-16-23-47(24-17-30)25-26-52-10)22-21-43(8)32(38(31)45)11-12-34-42(7)18-15-35(53-37(49)28-40(3,4)39(50)51)41(5,6)33(42)14-19-44(34,43)9/h30-35,38H,1,11-28H2,2-10H3,(H,46,48)(H,50,51)/t31-,32+,33-,34+,35-,38+,42-,43+,44+,45+/m0/s1. The van der Waals surface area contributed by atoms with Crippen molar-refractivity contribution in [2.75, 3.05) is 33.4 Å². The van der Waals surface area contributed by atoms with Crippen molar-refractivity contribution in [2.24, 2.45) is 62.1 Å². The van der Waals surface area contributed by atoms with E-state index in [9.17, 15) is 19.5 Å². The summed E-state index contributed by atoms with van der Waals surface area (Å²) in [4.78, 5) is 41.3. The van der Waals surface area contributed by atoms with Gasteiger partial charge < -0.3 is 24.8 Å². The van der Waals surface area contributed by atoms with Gasteiger partial charge in [0.25, 0.3) is 0 Å². The second-order valence-electron chi connectivity index (χ2n) is 21.1. The van der Waals surface area contributed by atoms with Gasteiger partial charge in [0.1, 0.15) is 6.10 Å². The second-order valence-corrected chi connectivity index (χ2v) is 21.1. The lowest BCUT2D eigenvalue weighted by Gasteiger charge is -2.73. The summed E-state index contributed by atoms with van der Waals surface area (Å²) in [6.07, 6.45) is 13.6. The molecule has 0 bridgehead atoms. The zero-order valence-corrected chi connectivity index (χ0v) is 34.9. The Kier molecular flexibility index (Phi) is 11.2. The summed E-state index contributed by atoms with van der Waals surface area (Å²) in [5, 5.41) is 13.1. The van der Waals surface area contributed by atoms with Crippen LogP contribution in [0.25, 0.3) is 0 Å². The fraction of sp³-hybridized carbons (Fsp3) is 0.889. The van der Waals surface area contributed by atoms with Gasteiger partial charge in [-0.3, -0.25) is 14.4 Å². The van der Waals surface area contributed by atoms with E-state index in [0.29, 0.717) is 36.0 Å². The lowest BCUT2D eigenvalue weighted by Crippen LogP contribution is -2.67. The maximum Gasteiger partial charge on any atom is 0.309 e. The van der Waals surface area contributed by atoms with E-state index in [-0.39, 0.29) is 57.5 Å². The van der Waals surface area contributed by atoms with Crippen molar-refractivity contribution in [3.8, 4) is 0 Å². The molecule has 1 amide bonds. The van der Waals surface area contributed by atoms with Crippen molar-refractivity contribution in [1.82, 2.24) is 10.2 Å². The van der Waals surface area contributed by atoms with Gasteiger partial charge in [0.2, 0.25) is 5.91 Å². The van der Waals surface area contributed by atoms with E-state index in [1.54, 1.807) is 21.0 Å². The lowest BCUT2D eigenvalue weighted by molar-refractivity contribution is -0.250. The molecule has 6 fully saturated rings. The van der Waals surface area contributed by atoms with Crippen LogP contribution in [0.15, 0.2) is 12.2 Å². The molecule has 300 valence electrons. The molecule has 53 heavy (non-hydrogen) atoms. The molecule has 8 nitrogen and oxygen atoms in total. The van der Waals surface area contributed by atoms with Crippen molar-refractivity contribution in [1.29, 1.82) is 0 Å². The highest BCUT2D eigenvalue weighted by Gasteiger charge is 2.71. The molecule has 6 aliphatic rings. The molecule has 10 atom stereocenters. The molecule has 0 spiro atoms. The van der Waals surface area contributed by atoms with Gasteiger partial charge >= 0.3 is 11.9 Å². The zero-order valence-electron chi connectivity index (χ0n) is 34.9. The number of aliphatic carboxylic acids is 1. The molecule has 5 aliphatic carbocycles. The molecule has 0 unspecified atom stereocenters. The molecule has 1 heterocycles. The third-order valence-corrected chi connectivity index (χ3v) is 17.7. The summed E-state index contributed by atoms with van der Waals surface area (Å²) in [5.74, 6) is 1.51. The van der Waals surface area contributed by atoms with E-state index in [1.807, 2.05) is 0 Å². The summed E-state index contributed by atoms with van der Waals surface area (Å²) in [5.41, 5.74) is 0.565. The minimum absolute atomic E-state index is 0.0560. The number of likely N-dealkylation sites (tertiary alicyclic amines) is 1. The van der Waals surface area contributed by atoms with E-state index in [2.05, 4.69) is 58.3 Å². The van der Waals surface area contributed by atoms with Gasteiger partial charge in [-0.25, -0.2) is 0 Å². The highest BCUT2D eigenvalue weighted by atomic mass is 16.5. The van der Waals surface area contributed by atoms with Gasteiger partial charge in [-0.2, -0.15) is 0 Å². The number of esters is 1. The van der Waals surface area contributed by atoms with Crippen LogP contribution in [-0.4, -0.2) is 73.3 Å². The number of fused-ring (bicyclic) bond motifs is 7. The average Bonchev–Trinajstić information content (AvgIpc) is 3.45. The summed E-state index contributed by atoms with van der Waals surface area (Å²) in [6.45, 7) is 26.3. The number of ether oxygens (including phenoxy) is 2. The Morgan fingerprint density at radius 1 is 0.868 bits per heavy atom. The van der Waals surface area contributed by atoms with Crippen LogP contribution < -0.4 is 5.32 Å². The van der Waals surface area contributed by atoms with Crippen molar-refractivity contribution < 1.29 is 29.0 Å². The third-order valence-electron chi connectivity index (χ3n) is 17.7. The monoisotopic (exact) mass is 739 g/mol. The summed E-state index contributed by atoms with van der Waals surface area (Å²) in [6, 6.07) is 0.271. The summed E-state index contributed by atoms with van der Waals surface area (Å²) >= 11 is 0. The van der Waals surface area contributed by atoms with Crippen LogP contribution in [0.1, 0.15) is 145 Å². The van der Waals surface area contributed by atoms with Crippen LogP contribution in [0, 0.1) is 62.1 Å². The van der Waals surface area contributed by atoms with Gasteiger partial charge in [-0.05, 0) is 149 Å². The minimum Gasteiger partial charge on any atom is -0.481 e. The van der Waals surface area contributed by atoms with Crippen molar-refractivity contribution in [3.63, 3.8) is 0 Å².